The Hall–Kier alpha value is -2.94. The molecule has 1 saturated carbocycles. The van der Waals surface area contributed by atoms with Crippen LogP contribution in [0.2, 0.25) is 0 Å². The van der Waals surface area contributed by atoms with Crippen LogP contribution in [0, 0.1) is 19.3 Å². The van der Waals surface area contributed by atoms with Crippen molar-refractivity contribution in [3.8, 4) is 11.3 Å². The van der Waals surface area contributed by atoms with Crippen molar-refractivity contribution in [2.24, 2.45) is 12.5 Å². The van der Waals surface area contributed by atoms with Crippen molar-refractivity contribution < 1.29 is 4.57 Å². The van der Waals surface area contributed by atoms with E-state index in [1.165, 1.54) is 81.2 Å². The summed E-state index contributed by atoms with van der Waals surface area (Å²) in [5.74, 6) is 0.632. The summed E-state index contributed by atoms with van der Waals surface area (Å²) in [4.78, 5) is 7.37. The lowest BCUT2D eigenvalue weighted by atomic mass is 9.71. The zero-order valence-corrected chi connectivity index (χ0v) is 20.8. The lowest BCUT2D eigenvalue weighted by molar-refractivity contribution is -0.662. The van der Waals surface area contributed by atoms with Crippen molar-refractivity contribution in [1.82, 2.24) is 4.98 Å². The van der Waals surface area contributed by atoms with Crippen molar-refractivity contribution in [1.29, 1.82) is 0 Å². The van der Waals surface area contributed by atoms with Gasteiger partial charge in [0.15, 0.2) is 5.52 Å². The van der Waals surface area contributed by atoms with E-state index in [2.05, 4.69) is 87.7 Å². The van der Waals surface area contributed by atoms with E-state index in [9.17, 15) is 0 Å². The molecule has 0 N–H and O–H groups in total. The highest BCUT2D eigenvalue weighted by Gasteiger charge is 2.34. The fraction of sp³-hybridized carbons (Fsp3) is 0.400. The highest BCUT2D eigenvalue weighted by molar-refractivity contribution is 6.13. The zero-order valence-electron chi connectivity index (χ0n) is 20.8. The van der Waals surface area contributed by atoms with Crippen LogP contribution in [0.4, 0.5) is 11.4 Å². The van der Waals surface area contributed by atoms with Gasteiger partial charge >= 0.3 is 0 Å². The Kier molecular flexibility index (Phi) is 4.40. The van der Waals surface area contributed by atoms with E-state index in [4.69, 9.17) is 4.98 Å². The average molecular weight is 437 g/mol. The van der Waals surface area contributed by atoms with Crippen LogP contribution >= 0.6 is 0 Å². The van der Waals surface area contributed by atoms with Gasteiger partial charge in [-0.3, -0.25) is 0 Å². The third-order valence-corrected chi connectivity index (χ3v) is 8.52. The van der Waals surface area contributed by atoms with Gasteiger partial charge in [-0.1, -0.05) is 38.1 Å². The Morgan fingerprint density at radius 1 is 1.00 bits per heavy atom. The summed E-state index contributed by atoms with van der Waals surface area (Å²) in [7, 11) is 4.39. The molecule has 6 rings (SSSR count). The summed E-state index contributed by atoms with van der Waals surface area (Å²) in [5.41, 5.74) is 11.1. The fourth-order valence-corrected chi connectivity index (χ4v) is 6.49. The van der Waals surface area contributed by atoms with Gasteiger partial charge in [0, 0.05) is 12.6 Å². The van der Waals surface area contributed by atoms with Crippen LogP contribution in [0.3, 0.4) is 0 Å². The molecule has 2 aliphatic rings. The van der Waals surface area contributed by atoms with Crippen LogP contribution in [0.25, 0.3) is 32.9 Å². The van der Waals surface area contributed by atoms with Gasteiger partial charge in [-0.2, -0.15) is 0 Å². The molecule has 3 nitrogen and oxygen atoms in total. The molecular formula is C30H34N3+. The van der Waals surface area contributed by atoms with Gasteiger partial charge in [0.2, 0.25) is 0 Å². The molecule has 0 atom stereocenters. The molecule has 0 saturated heterocycles. The second-order valence-electron chi connectivity index (χ2n) is 11.2. The summed E-state index contributed by atoms with van der Waals surface area (Å²) >= 11 is 0. The monoisotopic (exact) mass is 436 g/mol. The van der Waals surface area contributed by atoms with Crippen molar-refractivity contribution >= 4 is 33.1 Å². The van der Waals surface area contributed by atoms with E-state index >= 15 is 0 Å². The van der Waals surface area contributed by atoms with Crippen molar-refractivity contribution in [2.45, 2.75) is 59.3 Å². The Morgan fingerprint density at radius 3 is 2.36 bits per heavy atom. The normalized spacial score (nSPS) is 17.6. The Balaban J connectivity index is 1.64. The minimum Gasteiger partial charge on any atom is -0.343 e. The van der Waals surface area contributed by atoms with Gasteiger partial charge < -0.3 is 4.90 Å². The van der Waals surface area contributed by atoms with Gasteiger partial charge in [-0.05, 0) is 95.4 Å². The first-order chi connectivity index (χ1) is 15.8. The molecule has 1 fully saturated rings. The van der Waals surface area contributed by atoms with Crippen LogP contribution in [-0.4, -0.2) is 12.0 Å². The number of nitrogens with zero attached hydrogens (tertiary/aromatic N) is 3. The predicted octanol–water partition coefficient (Wildman–Crippen LogP) is 7.26. The largest absolute Gasteiger partial charge is 0.343 e. The summed E-state index contributed by atoms with van der Waals surface area (Å²) in [6, 6.07) is 13.7. The Bertz CT molecular complexity index is 1440. The van der Waals surface area contributed by atoms with E-state index in [1.54, 1.807) is 0 Å². The maximum absolute atomic E-state index is 4.93. The molecule has 3 aromatic carbocycles. The third-order valence-electron chi connectivity index (χ3n) is 8.52. The summed E-state index contributed by atoms with van der Waals surface area (Å²) in [6.45, 7) is 9.40. The first-order valence-electron chi connectivity index (χ1n) is 12.3. The molecule has 4 aromatic rings. The minimum absolute atomic E-state index is 0.478. The van der Waals surface area contributed by atoms with Crippen LogP contribution in [-0.2, 0) is 7.05 Å². The van der Waals surface area contributed by atoms with Crippen LogP contribution in [0.15, 0.2) is 42.7 Å². The maximum atomic E-state index is 4.93. The number of aromatic nitrogens is 2. The molecule has 0 radical (unpaired) electrons. The van der Waals surface area contributed by atoms with Crippen LogP contribution < -0.4 is 9.47 Å². The average Bonchev–Trinajstić information content (AvgIpc) is 2.80. The van der Waals surface area contributed by atoms with Crippen molar-refractivity contribution in [2.75, 3.05) is 11.9 Å². The molecule has 2 heterocycles. The molecule has 0 spiro atoms. The molecule has 33 heavy (non-hydrogen) atoms. The van der Waals surface area contributed by atoms with E-state index in [-0.39, 0.29) is 0 Å². The van der Waals surface area contributed by atoms with E-state index in [1.807, 2.05) is 6.33 Å². The third kappa shape index (κ3) is 2.94. The Morgan fingerprint density at radius 2 is 1.67 bits per heavy atom. The number of fused-ring (bicyclic) bond motifs is 3. The zero-order chi connectivity index (χ0) is 23.1. The maximum Gasteiger partial charge on any atom is 0.287 e. The smallest absolute Gasteiger partial charge is 0.287 e. The number of aryl methyl sites for hydroxylation is 3. The molecule has 0 unspecified atom stereocenters. The first kappa shape index (κ1) is 20.7. The van der Waals surface area contributed by atoms with Crippen molar-refractivity contribution in [3.63, 3.8) is 0 Å². The SMILES string of the molecule is Cc1c2c(c(C)c3ccccc13)N(C)c1cc(C3CCC(C)(C)CC3)cc3nc[n+](C)c-2c13. The topological polar surface area (TPSA) is 20.0 Å². The molecule has 168 valence electrons. The van der Waals surface area contributed by atoms with Crippen LogP contribution in [0.1, 0.15) is 62.1 Å². The second kappa shape index (κ2) is 7.03. The van der Waals surface area contributed by atoms with Crippen molar-refractivity contribution in [3.05, 3.63) is 59.4 Å². The molecule has 1 aliphatic carbocycles. The second-order valence-corrected chi connectivity index (χ2v) is 11.2. The highest BCUT2D eigenvalue weighted by Crippen LogP contribution is 2.52. The van der Waals surface area contributed by atoms with Gasteiger partial charge in [0.1, 0.15) is 5.69 Å². The lowest BCUT2D eigenvalue weighted by Gasteiger charge is -2.36. The van der Waals surface area contributed by atoms with E-state index in [0.29, 0.717) is 11.3 Å². The molecule has 0 bridgehead atoms. The lowest BCUT2D eigenvalue weighted by Crippen LogP contribution is -2.34. The quantitative estimate of drug-likeness (QED) is 0.293. The molecule has 1 aromatic heterocycles. The van der Waals surface area contributed by atoms with Gasteiger partial charge in [-0.15, -0.1) is 0 Å². The number of rotatable bonds is 1. The first-order valence-corrected chi connectivity index (χ1v) is 12.3. The predicted molar refractivity (Wildman–Crippen MR) is 138 cm³/mol. The van der Waals surface area contributed by atoms with Crippen LogP contribution in [0.5, 0.6) is 0 Å². The number of hydrogen-bond donors (Lipinski definition) is 0. The standard InChI is InChI=1S/C30H34N3/c1-18-22-9-7-8-10-23(22)19(2)28-26(18)29-27-24(31-17-32(29)5)15-21(16-25(27)33(28)6)20-11-13-30(3,4)14-12-20/h7-10,15-17,20H,11-14H2,1-6H3/q+1. The molecule has 1 aliphatic heterocycles. The highest BCUT2D eigenvalue weighted by atomic mass is 15.1. The van der Waals surface area contributed by atoms with Gasteiger partial charge in [-0.25, -0.2) is 4.57 Å². The number of hydrogen-bond acceptors (Lipinski definition) is 2. The summed E-state index contributed by atoms with van der Waals surface area (Å²) in [6.07, 6.45) is 7.16. The Labute approximate surface area is 197 Å². The molecule has 0 amide bonds. The van der Waals surface area contributed by atoms with E-state index < -0.39 is 0 Å². The van der Waals surface area contributed by atoms with Gasteiger partial charge in [0.25, 0.3) is 6.33 Å². The molecule has 3 heteroatoms. The minimum atomic E-state index is 0.478. The summed E-state index contributed by atoms with van der Waals surface area (Å²) in [5, 5.41) is 3.98. The van der Waals surface area contributed by atoms with Gasteiger partial charge in [0.05, 0.1) is 23.8 Å². The fourth-order valence-electron chi connectivity index (χ4n) is 6.49. The number of anilines is 2. The number of benzene rings is 3. The summed E-state index contributed by atoms with van der Waals surface area (Å²) < 4.78 is 2.22. The van der Waals surface area contributed by atoms with E-state index in [0.717, 1.165) is 5.52 Å². The molecular weight excluding hydrogens is 402 g/mol.